The number of hydrogen-bond donors (Lipinski definition) is 0. The molecule has 38 heavy (non-hydrogen) atoms. The predicted molar refractivity (Wildman–Crippen MR) is 166 cm³/mol. The lowest BCUT2D eigenvalue weighted by molar-refractivity contribution is -0.146. The smallest absolute Gasteiger partial charge is 0.309 e. The Labute approximate surface area is 238 Å². The number of rotatable bonds is 21. The van der Waals surface area contributed by atoms with E-state index >= 15 is 0 Å². The van der Waals surface area contributed by atoms with Gasteiger partial charge in [-0.15, -0.1) is 4.37 Å². The van der Waals surface area contributed by atoms with Gasteiger partial charge in [-0.25, -0.2) is 0 Å². The summed E-state index contributed by atoms with van der Waals surface area (Å²) in [6, 6.07) is 0. The number of unbranched alkanes of at least 4 members (excludes halogenated alkanes) is 11. The molecule has 2 atom stereocenters. The molecule has 1 aromatic heterocycles. The van der Waals surface area contributed by atoms with Crippen LogP contribution in [0.1, 0.15) is 136 Å². The molecule has 2 heterocycles. The molecule has 0 saturated carbocycles. The first-order valence-electron chi connectivity index (χ1n) is 15.6. The highest BCUT2D eigenvalue weighted by atomic mass is 32.1. The van der Waals surface area contributed by atoms with E-state index in [0.29, 0.717) is 24.8 Å². The van der Waals surface area contributed by atoms with E-state index in [1.54, 1.807) is 0 Å². The lowest BCUT2D eigenvalue weighted by Gasteiger charge is -2.34. The van der Waals surface area contributed by atoms with Gasteiger partial charge in [0.1, 0.15) is 5.69 Å². The Kier molecular flexibility index (Phi) is 16.7. The van der Waals surface area contributed by atoms with Gasteiger partial charge in [0.25, 0.3) is 5.88 Å². The molecule has 0 radical (unpaired) electrons. The van der Waals surface area contributed by atoms with Crippen LogP contribution in [0.15, 0.2) is 6.08 Å². The molecule has 1 aromatic rings. The molecule has 2 rings (SSSR count). The maximum atomic E-state index is 12.8. The molecule has 2 unspecified atom stereocenters. The van der Waals surface area contributed by atoms with Gasteiger partial charge in [0.15, 0.2) is 0 Å². The molecular formula is C31H56N2O3PS+. The van der Waals surface area contributed by atoms with Gasteiger partial charge < -0.3 is 9.47 Å². The van der Waals surface area contributed by atoms with Crippen LogP contribution in [-0.2, 0) is 9.53 Å². The number of nitrogens with zero attached hydrogens (tertiary/aromatic N) is 2. The number of carbonyl (C=O) groups excluding carboxylic acids is 1. The highest BCUT2D eigenvalue weighted by Crippen LogP contribution is 2.65. The van der Waals surface area contributed by atoms with E-state index in [4.69, 9.17) is 9.47 Å². The lowest BCUT2D eigenvalue weighted by atomic mass is 10.1. The summed E-state index contributed by atoms with van der Waals surface area (Å²) in [4.78, 5) is 12.8. The van der Waals surface area contributed by atoms with Crippen molar-refractivity contribution in [3.63, 3.8) is 0 Å². The van der Waals surface area contributed by atoms with Crippen LogP contribution >= 0.6 is 19.0 Å². The first-order valence-corrected chi connectivity index (χ1v) is 19.0. The standard InChI is InChI=1S/C31H56N2O3PS/c1-6-8-10-12-13-14-15-16-17-21-29(36-28(34)24-26(3)4)37(5)23-19-20-27(25-37)30-31(33-38-32-30)35-22-18-11-9-7-2/h20,26,29H,6-19,21-25H2,1-5H3/q+1. The minimum absolute atomic E-state index is 0.0234. The second kappa shape index (κ2) is 19.1. The van der Waals surface area contributed by atoms with Crippen LogP contribution in [0.3, 0.4) is 0 Å². The number of aromatic nitrogens is 2. The van der Waals surface area contributed by atoms with Crippen molar-refractivity contribution in [1.82, 2.24) is 8.75 Å². The van der Waals surface area contributed by atoms with E-state index in [1.807, 2.05) is 0 Å². The van der Waals surface area contributed by atoms with E-state index in [1.165, 1.54) is 87.9 Å². The Balaban J connectivity index is 1.97. The zero-order valence-corrected chi connectivity index (χ0v) is 26.9. The molecule has 1 aliphatic heterocycles. The number of carbonyl (C=O) groups is 1. The third kappa shape index (κ3) is 12.5. The van der Waals surface area contributed by atoms with Crippen LogP contribution in [0, 0.1) is 5.92 Å². The zero-order chi connectivity index (χ0) is 27.6. The molecule has 0 amide bonds. The Morgan fingerprint density at radius 1 is 0.947 bits per heavy atom. The fourth-order valence-corrected chi connectivity index (χ4v) is 9.45. The lowest BCUT2D eigenvalue weighted by Crippen LogP contribution is -2.27. The van der Waals surface area contributed by atoms with Gasteiger partial charge in [-0.05, 0) is 25.2 Å². The van der Waals surface area contributed by atoms with E-state index in [2.05, 4.69) is 49.2 Å². The number of hydrogen-bond acceptors (Lipinski definition) is 6. The van der Waals surface area contributed by atoms with Gasteiger partial charge in [0.2, 0.25) is 5.85 Å². The van der Waals surface area contributed by atoms with Gasteiger partial charge >= 0.3 is 5.97 Å². The Morgan fingerprint density at radius 3 is 2.24 bits per heavy atom. The summed E-state index contributed by atoms with van der Waals surface area (Å²) in [7, 11) is -1.53. The first-order chi connectivity index (χ1) is 18.4. The molecule has 0 spiro atoms. The summed E-state index contributed by atoms with van der Waals surface area (Å²) in [5.41, 5.74) is 2.17. The number of esters is 1. The van der Waals surface area contributed by atoms with Crippen molar-refractivity contribution in [2.75, 3.05) is 25.6 Å². The summed E-state index contributed by atoms with van der Waals surface area (Å²) in [6.45, 7) is 11.8. The van der Waals surface area contributed by atoms with Crippen LogP contribution in [0.5, 0.6) is 5.88 Å². The van der Waals surface area contributed by atoms with Gasteiger partial charge in [-0.3, -0.25) is 4.79 Å². The average molecular weight is 568 g/mol. The minimum atomic E-state index is -1.53. The van der Waals surface area contributed by atoms with Crippen LogP contribution < -0.4 is 4.74 Å². The van der Waals surface area contributed by atoms with E-state index in [9.17, 15) is 4.79 Å². The van der Waals surface area contributed by atoms with Gasteiger partial charge in [0.05, 0.1) is 44.6 Å². The quantitative estimate of drug-likeness (QED) is 0.0840. The molecule has 0 aromatic carbocycles. The molecule has 7 heteroatoms. The molecule has 0 N–H and O–H groups in total. The fourth-order valence-electron chi connectivity index (χ4n) is 5.31. The van der Waals surface area contributed by atoms with Gasteiger partial charge in [-0.1, -0.05) is 104 Å². The van der Waals surface area contributed by atoms with E-state index < -0.39 is 7.26 Å². The fraction of sp³-hybridized carbons (Fsp3) is 0.839. The van der Waals surface area contributed by atoms with Crippen LogP contribution in [0.25, 0.3) is 5.57 Å². The minimum Gasteiger partial charge on any atom is -0.475 e. The van der Waals surface area contributed by atoms with Crippen molar-refractivity contribution >= 4 is 30.5 Å². The molecule has 0 bridgehead atoms. The van der Waals surface area contributed by atoms with Crippen molar-refractivity contribution in [2.45, 2.75) is 136 Å². The molecule has 0 fully saturated rings. The summed E-state index contributed by atoms with van der Waals surface area (Å²) in [5.74, 6) is 1.04. The highest BCUT2D eigenvalue weighted by molar-refractivity contribution is 7.76. The SMILES string of the molecule is CCCCCCCCCCCC(OC(=O)CC(C)C)[P+]1(C)CCC=C(c2nsnc2OCCCCCC)C1. The van der Waals surface area contributed by atoms with Gasteiger partial charge in [0, 0.05) is 18.4 Å². The molecule has 0 saturated heterocycles. The summed E-state index contributed by atoms with van der Waals surface area (Å²) in [5, 5.41) is 0. The second-order valence-corrected chi connectivity index (χ2v) is 16.7. The Bertz CT molecular complexity index is 813. The summed E-state index contributed by atoms with van der Waals surface area (Å²) >= 11 is 1.24. The maximum absolute atomic E-state index is 12.8. The molecule has 218 valence electrons. The largest absolute Gasteiger partial charge is 0.475 e. The normalized spacial score (nSPS) is 18.4. The van der Waals surface area contributed by atoms with Crippen molar-refractivity contribution in [2.24, 2.45) is 5.92 Å². The van der Waals surface area contributed by atoms with E-state index in [-0.39, 0.29) is 11.8 Å². The summed E-state index contributed by atoms with van der Waals surface area (Å²) in [6.07, 6.45) is 23.4. The maximum Gasteiger partial charge on any atom is 0.309 e. The van der Waals surface area contributed by atoms with Crippen LogP contribution in [0.2, 0.25) is 0 Å². The zero-order valence-electron chi connectivity index (χ0n) is 25.1. The van der Waals surface area contributed by atoms with Crippen LogP contribution in [0.4, 0.5) is 0 Å². The van der Waals surface area contributed by atoms with Crippen LogP contribution in [-0.4, -0.2) is 46.2 Å². The second-order valence-electron chi connectivity index (χ2n) is 11.9. The van der Waals surface area contributed by atoms with E-state index in [0.717, 1.165) is 43.7 Å². The van der Waals surface area contributed by atoms with Gasteiger partial charge in [-0.2, -0.15) is 4.37 Å². The first kappa shape index (κ1) is 33.2. The molecule has 0 aliphatic carbocycles. The topological polar surface area (TPSA) is 61.3 Å². The van der Waals surface area contributed by atoms with Crippen molar-refractivity contribution in [3.8, 4) is 5.88 Å². The third-order valence-corrected chi connectivity index (χ3v) is 12.3. The third-order valence-electron chi connectivity index (χ3n) is 7.65. The highest BCUT2D eigenvalue weighted by Gasteiger charge is 2.46. The predicted octanol–water partition coefficient (Wildman–Crippen LogP) is 9.77. The number of ether oxygens (including phenoxy) is 2. The summed E-state index contributed by atoms with van der Waals surface area (Å²) < 4.78 is 21.5. The average Bonchev–Trinajstić information content (AvgIpc) is 3.35. The van der Waals surface area contributed by atoms with Crippen molar-refractivity contribution < 1.29 is 14.3 Å². The molecule has 5 nitrogen and oxygen atoms in total. The Morgan fingerprint density at radius 2 is 1.58 bits per heavy atom. The Hall–Kier alpha value is -1.00. The molecule has 1 aliphatic rings. The van der Waals surface area contributed by atoms with Crippen molar-refractivity contribution in [1.29, 1.82) is 0 Å². The van der Waals surface area contributed by atoms with Crippen molar-refractivity contribution in [3.05, 3.63) is 11.8 Å². The number of allylic oxidation sites excluding steroid dienone is 2. The molecular weight excluding hydrogens is 511 g/mol. The monoisotopic (exact) mass is 567 g/mol.